The molecule has 5 aliphatic carbocycles. The van der Waals surface area contributed by atoms with Crippen molar-refractivity contribution in [1.29, 1.82) is 0 Å². The van der Waals surface area contributed by atoms with Crippen LogP contribution in [0.1, 0.15) is 125 Å². The van der Waals surface area contributed by atoms with Crippen molar-refractivity contribution in [1.82, 2.24) is 0 Å². The molecule has 5 aliphatic rings. The number of carbonyl (C=O) groups is 1. The molecule has 0 heterocycles. The number of hydrogen-bond donors (Lipinski definition) is 1. The monoisotopic (exact) mass is 616 g/mol. The first-order valence-electron chi connectivity index (χ1n) is 18.1. The lowest BCUT2D eigenvalue weighted by molar-refractivity contribution is -0.179. The van der Waals surface area contributed by atoms with Gasteiger partial charge in [-0.15, -0.1) is 0 Å². The smallest absolute Gasteiger partial charge is 0.331 e. The van der Waals surface area contributed by atoms with Crippen molar-refractivity contribution < 1.29 is 19.4 Å². The van der Waals surface area contributed by atoms with Gasteiger partial charge in [-0.05, 0) is 146 Å². The van der Waals surface area contributed by atoms with E-state index in [1.807, 2.05) is 0 Å². The summed E-state index contributed by atoms with van der Waals surface area (Å²) in [7, 11) is 1.52. The fourth-order valence-corrected chi connectivity index (χ4v) is 12.5. The Morgan fingerprint density at radius 2 is 1.69 bits per heavy atom. The van der Waals surface area contributed by atoms with Gasteiger partial charge in [0.1, 0.15) is 6.10 Å². The third kappa shape index (κ3) is 4.85. The van der Waals surface area contributed by atoms with E-state index < -0.39 is 0 Å². The minimum atomic E-state index is -0.278. The van der Waals surface area contributed by atoms with Crippen LogP contribution < -0.4 is 4.74 Å². The number of benzene rings is 1. The van der Waals surface area contributed by atoms with Gasteiger partial charge in [0.05, 0.1) is 7.11 Å². The number of phenolic OH excluding ortho intramolecular Hbond substituents is 1. The molecule has 1 N–H and O–H groups in total. The number of carbonyl (C=O) groups excluding carboxylic acids is 1. The molecule has 9 atom stereocenters. The summed E-state index contributed by atoms with van der Waals surface area (Å²) >= 11 is 0. The number of phenols is 1. The minimum absolute atomic E-state index is 0.0365. The van der Waals surface area contributed by atoms with Crippen LogP contribution in [0.15, 0.2) is 36.4 Å². The van der Waals surface area contributed by atoms with Gasteiger partial charge in [-0.2, -0.15) is 0 Å². The van der Waals surface area contributed by atoms with Gasteiger partial charge in [0.2, 0.25) is 0 Å². The van der Waals surface area contributed by atoms with Crippen LogP contribution in [-0.4, -0.2) is 24.3 Å². The zero-order chi connectivity index (χ0) is 32.6. The SMILES string of the molecule is C=C(CC[C@@H](C)[C@@H]1CC[C@]2(C)[C@@H]3CC[C@@H]4C(C)(C)[C@@H](OC(=O)C=Cc5ccc(O)c(OC)c5)CC[C@@]45C[C@@]35CC[C@]12C)C(C)C. The van der Waals surface area contributed by atoms with Gasteiger partial charge in [0.15, 0.2) is 11.5 Å². The first-order chi connectivity index (χ1) is 21.1. The minimum Gasteiger partial charge on any atom is -0.504 e. The molecule has 1 aromatic rings. The molecule has 2 spiro atoms. The van der Waals surface area contributed by atoms with Gasteiger partial charge in [-0.1, -0.05) is 66.7 Å². The average Bonchev–Trinajstić information content (AvgIpc) is 3.58. The quantitative estimate of drug-likeness (QED) is 0.170. The van der Waals surface area contributed by atoms with Crippen LogP contribution in [-0.2, 0) is 9.53 Å². The summed E-state index contributed by atoms with van der Waals surface area (Å²) in [6.07, 6.45) is 17.5. The summed E-state index contributed by atoms with van der Waals surface area (Å²) in [5.74, 6) is 3.84. The van der Waals surface area contributed by atoms with Crippen molar-refractivity contribution in [2.24, 2.45) is 56.7 Å². The molecule has 0 bridgehead atoms. The molecule has 5 saturated carbocycles. The summed E-state index contributed by atoms with van der Waals surface area (Å²) < 4.78 is 11.5. The third-order valence-corrected chi connectivity index (χ3v) is 15.4. The lowest BCUT2D eigenvalue weighted by Crippen LogP contribution is -2.58. The number of allylic oxidation sites excluding steroid dienone is 1. The van der Waals surface area contributed by atoms with Gasteiger partial charge in [-0.3, -0.25) is 0 Å². The van der Waals surface area contributed by atoms with Gasteiger partial charge in [0.25, 0.3) is 0 Å². The number of esters is 1. The molecule has 4 heteroatoms. The van der Waals surface area contributed by atoms with E-state index in [2.05, 4.69) is 55.0 Å². The maximum Gasteiger partial charge on any atom is 0.331 e. The average molecular weight is 617 g/mol. The highest BCUT2D eigenvalue weighted by Crippen LogP contribution is 2.89. The van der Waals surface area contributed by atoms with Crippen molar-refractivity contribution in [3.63, 3.8) is 0 Å². The fraction of sp³-hybridized carbons (Fsp3) is 0.732. The van der Waals surface area contributed by atoms with Crippen molar-refractivity contribution in [3.05, 3.63) is 42.0 Å². The Kier molecular flexibility index (Phi) is 8.13. The van der Waals surface area contributed by atoms with Gasteiger partial charge < -0.3 is 14.6 Å². The van der Waals surface area contributed by atoms with Gasteiger partial charge in [0, 0.05) is 11.5 Å². The predicted octanol–water partition coefficient (Wildman–Crippen LogP) is 10.4. The number of hydrogen-bond acceptors (Lipinski definition) is 4. The molecule has 248 valence electrons. The lowest BCUT2D eigenvalue weighted by Gasteiger charge is -2.63. The van der Waals surface area contributed by atoms with E-state index in [1.54, 1.807) is 24.3 Å². The first-order valence-corrected chi connectivity index (χ1v) is 18.1. The van der Waals surface area contributed by atoms with Crippen LogP contribution in [0.25, 0.3) is 6.08 Å². The molecule has 0 saturated heterocycles. The first kappa shape index (κ1) is 32.7. The third-order valence-electron chi connectivity index (χ3n) is 15.4. The van der Waals surface area contributed by atoms with E-state index in [4.69, 9.17) is 9.47 Å². The second kappa shape index (κ2) is 11.2. The second-order valence-corrected chi connectivity index (χ2v) is 17.5. The highest BCUT2D eigenvalue weighted by Gasteiger charge is 2.82. The van der Waals surface area contributed by atoms with Crippen LogP contribution in [0, 0.1) is 56.7 Å². The molecule has 0 amide bonds. The van der Waals surface area contributed by atoms with Gasteiger partial charge in [-0.25, -0.2) is 4.79 Å². The number of methoxy groups -OCH3 is 1. The summed E-state index contributed by atoms with van der Waals surface area (Å²) in [5, 5.41) is 9.89. The van der Waals surface area contributed by atoms with E-state index in [-0.39, 0.29) is 23.2 Å². The molecule has 45 heavy (non-hydrogen) atoms. The van der Waals surface area contributed by atoms with Gasteiger partial charge >= 0.3 is 5.97 Å². The molecule has 5 fully saturated rings. The predicted molar refractivity (Wildman–Crippen MR) is 183 cm³/mol. The molecule has 0 unspecified atom stereocenters. The number of rotatable bonds is 9. The maximum absolute atomic E-state index is 13.1. The molecule has 6 rings (SSSR count). The molecular weight excluding hydrogens is 556 g/mol. The Balaban J connectivity index is 1.14. The van der Waals surface area contributed by atoms with Crippen molar-refractivity contribution in [2.75, 3.05) is 7.11 Å². The van der Waals surface area contributed by atoms with E-state index in [1.165, 1.54) is 83.0 Å². The Morgan fingerprint density at radius 3 is 2.40 bits per heavy atom. The largest absolute Gasteiger partial charge is 0.504 e. The van der Waals surface area contributed by atoms with Crippen molar-refractivity contribution in [3.8, 4) is 11.5 Å². The Bertz CT molecular complexity index is 1360. The summed E-state index contributed by atoms with van der Waals surface area (Å²) in [6, 6.07) is 5.08. The topological polar surface area (TPSA) is 55.8 Å². The fourth-order valence-electron chi connectivity index (χ4n) is 12.5. The second-order valence-electron chi connectivity index (χ2n) is 17.5. The summed E-state index contributed by atoms with van der Waals surface area (Å²) in [6.45, 7) is 21.7. The Hall–Kier alpha value is -2.23. The highest BCUT2D eigenvalue weighted by atomic mass is 16.5. The maximum atomic E-state index is 13.1. The zero-order valence-corrected chi connectivity index (χ0v) is 29.5. The standard InChI is InChI=1S/C41H60O4/c1-26(2)27(3)10-11-28(4)30-18-20-39(8)34-16-15-33-37(5,6)35(19-21-40(33)25-41(34,40)23-22-38(30,39)7)45-36(43)17-13-29-12-14-31(42)32(24-29)44-9/h12-14,17,24,26,28,30,33-35,42H,3,10-11,15-16,18-23,25H2,1-2,4-9H3/t28-,30+,33-,34+,35+,38-,39-,40-,41+/m1/s1. The van der Waals surface area contributed by atoms with Crippen LogP contribution in [0.5, 0.6) is 11.5 Å². The zero-order valence-electron chi connectivity index (χ0n) is 29.5. The lowest BCUT2D eigenvalue weighted by atomic mass is 9.41. The summed E-state index contributed by atoms with van der Waals surface area (Å²) in [4.78, 5) is 13.1. The van der Waals surface area contributed by atoms with E-state index >= 15 is 0 Å². The number of ether oxygens (including phenoxy) is 2. The molecule has 0 radical (unpaired) electrons. The van der Waals surface area contributed by atoms with Crippen LogP contribution in [0.2, 0.25) is 0 Å². The van der Waals surface area contributed by atoms with Crippen LogP contribution in [0.4, 0.5) is 0 Å². The molecule has 4 nitrogen and oxygen atoms in total. The van der Waals surface area contributed by atoms with E-state index in [0.29, 0.717) is 39.2 Å². The van der Waals surface area contributed by atoms with E-state index in [9.17, 15) is 9.90 Å². The number of aromatic hydroxyl groups is 1. The van der Waals surface area contributed by atoms with Crippen molar-refractivity contribution in [2.45, 2.75) is 125 Å². The molecule has 1 aromatic carbocycles. The van der Waals surface area contributed by atoms with E-state index in [0.717, 1.165) is 29.7 Å². The number of fused-ring (bicyclic) bond motifs is 2. The van der Waals surface area contributed by atoms with Crippen LogP contribution >= 0.6 is 0 Å². The highest BCUT2D eigenvalue weighted by molar-refractivity contribution is 5.87. The van der Waals surface area contributed by atoms with Crippen molar-refractivity contribution >= 4 is 12.0 Å². The molecule has 0 aromatic heterocycles. The molecular formula is C41H60O4. The molecule has 0 aliphatic heterocycles. The van der Waals surface area contributed by atoms with Crippen LogP contribution in [0.3, 0.4) is 0 Å². The Labute approximate surface area is 273 Å². The Morgan fingerprint density at radius 1 is 0.978 bits per heavy atom. The summed E-state index contributed by atoms with van der Waals surface area (Å²) in [5.41, 5.74) is 3.99. The normalized spacial score (nSPS) is 40.2.